The molecule has 7 heteroatoms. The first-order valence-corrected chi connectivity index (χ1v) is 6.91. The van der Waals surface area contributed by atoms with Crippen LogP contribution in [0.4, 0.5) is 5.69 Å². The maximum absolute atomic E-state index is 12.4. The van der Waals surface area contributed by atoms with Crippen molar-refractivity contribution in [3.63, 3.8) is 0 Å². The summed E-state index contributed by atoms with van der Waals surface area (Å²) in [5.74, 6) is -1.50. The van der Waals surface area contributed by atoms with Crippen molar-refractivity contribution in [3.8, 4) is 5.75 Å². The van der Waals surface area contributed by atoms with Crippen LogP contribution < -0.4 is 4.90 Å². The van der Waals surface area contributed by atoms with E-state index in [2.05, 4.69) is 0 Å². The molecule has 0 unspecified atom stereocenters. The Labute approximate surface area is 134 Å². The molecule has 0 saturated carbocycles. The Kier molecular flexibility index (Phi) is 3.32. The molecule has 106 valence electrons. The number of anilines is 1. The van der Waals surface area contributed by atoms with Gasteiger partial charge in [-0.1, -0.05) is 40.9 Å². The van der Waals surface area contributed by atoms with Crippen molar-refractivity contribution in [2.24, 2.45) is 0 Å². The summed E-state index contributed by atoms with van der Waals surface area (Å²) in [4.78, 5) is 25.6. The molecular formula is C14H6Cl3NO3. The first-order chi connectivity index (χ1) is 9.93. The van der Waals surface area contributed by atoms with Gasteiger partial charge in [0.25, 0.3) is 11.8 Å². The second-order valence-electron chi connectivity index (χ2n) is 4.34. The van der Waals surface area contributed by atoms with Crippen molar-refractivity contribution in [1.82, 2.24) is 0 Å². The predicted molar refractivity (Wildman–Crippen MR) is 80.7 cm³/mol. The number of benzene rings is 2. The first kappa shape index (κ1) is 14.2. The second kappa shape index (κ2) is 4.91. The molecule has 2 aromatic rings. The Morgan fingerprint density at radius 2 is 1.62 bits per heavy atom. The number of rotatable bonds is 1. The molecule has 2 amide bonds. The van der Waals surface area contributed by atoms with Gasteiger partial charge in [0.15, 0.2) is 0 Å². The SMILES string of the molecule is O=C1c2cccc(O)c2C(=O)N1c1ccc(Cl)c(Cl)c1Cl. The zero-order valence-corrected chi connectivity index (χ0v) is 12.5. The van der Waals surface area contributed by atoms with Crippen molar-refractivity contribution in [2.75, 3.05) is 4.90 Å². The number of fused-ring (bicyclic) bond motifs is 1. The highest BCUT2D eigenvalue weighted by molar-refractivity contribution is 6.50. The molecule has 0 fully saturated rings. The third-order valence-electron chi connectivity index (χ3n) is 3.15. The number of hydrogen-bond donors (Lipinski definition) is 1. The lowest BCUT2D eigenvalue weighted by Gasteiger charge is -2.16. The fourth-order valence-electron chi connectivity index (χ4n) is 2.17. The van der Waals surface area contributed by atoms with Crippen molar-refractivity contribution in [1.29, 1.82) is 0 Å². The summed E-state index contributed by atoms with van der Waals surface area (Å²) in [5.41, 5.74) is 0.184. The quantitative estimate of drug-likeness (QED) is 0.625. The molecule has 1 aliphatic rings. The van der Waals surface area contributed by atoms with Crippen molar-refractivity contribution in [3.05, 3.63) is 56.5 Å². The molecule has 2 aromatic carbocycles. The number of hydrogen-bond acceptors (Lipinski definition) is 3. The van der Waals surface area contributed by atoms with E-state index in [1.165, 1.54) is 30.3 Å². The normalized spacial score (nSPS) is 13.8. The van der Waals surface area contributed by atoms with Gasteiger partial charge in [0.05, 0.1) is 31.9 Å². The van der Waals surface area contributed by atoms with Gasteiger partial charge in [-0.3, -0.25) is 9.59 Å². The Morgan fingerprint density at radius 3 is 2.29 bits per heavy atom. The smallest absolute Gasteiger partial charge is 0.269 e. The van der Waals surface area contributed by atoms with Gasteiger partial charge < -0.3 is 5.11 Å². The summed E-state index contributed by atoms with van der Waals surface area (Å²) in [6.07, 6.45) is 0. The Morgan fingerprint density at radius 1 is 0.905 bits per heavy atom. The fraction of sp³-hybridized carbons (Fsp3) is 0. The van der Waals surface area contributed by atoms with Gasteiger partial charge in [-0.2, -0.15) is 0 Å². The zero-order chi connectivity index (χ0) is 15.3. The molecular weight excluding hydrogens is 337 g/mol. The minimum atomic E-state index is -0.659. The van der Waals surface area contributed by atoms with Crippen LogP contribution in [0, 0.1) is 0 Å². The van der Waals surface area contributed by atoms with E-state index in [0.717, 1.165) is 4.90 Å². The van der Waals surface area contributed by atoms with E-state index in [4.69, 9.17) is 34.8 Å². The molecule has 4 nitrogen and oxygen atoms in total. The molecule has 1 N–H and O–H groups in total. The van der Waals surface area contributed by atoms with Gasteiger partial charge in [0.1, 0.15) is 5.75 Å². The number of amides is 2. The lowest BCUT2D eigenvalue weighted by Crippen LogP contribution is -2.29. The van der Waals surface area contributed by atoms with Crippen LogP contribution in [0.2, 0.25) is 15.1 Å². The van der Waals surface area contributed by atoms with E-state index in [-0.39, 0.29) is 37.6 Å². The standard InChI is InChI=1S/C14H6Cl3NO3/c15-7-4-5-8(12(17)11(7)16)18-13(20)6-2-1-3-9(19)10(6)14(18)21/h1-5,19H. The van der Waals surface area contributed by atoms with E-state index in [9.17, 15) is 14.7 Å². The van der Waals surface area contributed by atoms with Crippen LogP contribution >= 0.6 is 34.8 Å². The van der Waals surface area contributed by atoms with Gasteiger partial charge >= 0.3 is 0 Å². The topological polar surface area (TPSA) is 57.6 Å². The summed E-state index contributed by atoms with van der Waals surface area (Å²) in [7, 11) is 0. The molecule has 0 atom stereocenters. The highest BCUT2D eigenvalue weighted by Crippen LogP contribution is 2.41. The Balaban J connectivity index is 2.19. The molecule has 0 aliphatic carbocycles. The van der Waals surface area contributed by atoms with Gasteiger partial charge in [-0.25, -0.2) is 4.90 Å². The van der Waals surface area contributed by atoms with Gasteiger partial charge in [-0.05, 0) is 24.3 Å². The van der Waals surface area contributed by atoms with Crippen molar-refractivity contribution >= 4 is 52.3 Å². The summed E-state index contributed by atoms with van der Waals surface area (Å²) >= 11 is 17.8. The number of carbonyl (C=O) groups excluding carboxylic acids is 2. The minimum Gasteiger partial charge on any atom is -0.507 e. The molecule has 0 bridgehead atoms. The van der Waals surface area contributed by atoms with Crippen molar-refractivity contribution in [2.45, 2.75) is 0 Å². The largest absolute Gasteiger partial charge is 0.507 e. The monoisotopic (exact) mass is 341 g/mol. The molecule has 3 rings (SSSR count). The summed E-state index contributed by atoms with van der Waals surface area (Å²) in [6, 6.07) is 7.15. The number of imide groups is 1. The lowest BCUT2D eigenvalue weighted by molar-refractivity contribution is 0.0925. The third-order valence-corrected chi connectivity index (χ3v) is 4.43. The molecule has 0 spiro atoms. The molecule has 0 radical (unpaired) electrons. The summed E-state index contributed by atoms with van der Waals surface area (Å²) < 4.78 is 0. The number of nitrogens with zero attached hydrogens (tertiary/aromatic N) is 1. The second-order valence-corrected chi connectivity index (χ2v) is 5.50. The van der Waals surface area contributed by atoms with Crippen LogP contribution in [0.5, 0.6) is 5.75 Å². The van der Waals surface area contributed by atoms with Crippen LogP contribution in [-0.2, 0) is 0 Å². The van der Waals surface area contributed by atoms with Gasteiger partial charge in [0, 0.05) is 0 Å². The molecule has 1 aliphatic heterocycles. The zero-order valence-electron chi connectivity index (χ0n) is 10.2. The summed E-state index contributed by atoms with van der Waals surface area (Å²) in [6.45, 7) is 0. The maximum atomic E-state index is 12.4. The highest BCUT2D eigenvalue weighted by Gasteiger charge is 2.39. The van der Waals surface area contributed by atoms with Crippen LogP contribution in [0.3, 0.4) is 0 Å². The van der Waals surface area contributed by atoms with Gasteiger partial charge in [0.2, 0.25) is 0 Å². The third kappa shape index (κ3) is 1.99. The number of carbonyl (C=O) groups is 2. The number of phenolic OH excluding ortho intramolecular Hbond substituents is 1. The van der Waals surface area contributed by atoms with Gasteiger partial charge in [-0.15, -0.1) is 0 Å². The van der Waals surface area contributed by atoms with Crippen LogP contribution in [0.25, 0.3) is 0 Å². The number of aromatic hydroxyl groups is 1. The van der Waals surface area contributed by atoms with E-state index in [1.54, 1.807) is 0 Å². The van der Waals surface area contributed by atoms with Crippen molar-refractivity contribution < 1.29 is 14.7 Å². The lowest BCUT2D eigenvalue weighted by atomic mass is 10.1. The van der Waals surface area contributed by atoms with Crippen LogP contribution in [-0.4, -0.2) is 16.9 Å². The Bertz CT molecular complexity index is 804. The van der Waals surface area contributed by atoms with E-state index in [0.29, 0.717) is 0 Å². The molecule has 0 aromatic heterocycles. The van der Waals surface area contributed by atoms with Crippen LogP contribution in [0.15, 0.2) is 30.3 Å². The average molecular weight is 343 g/mol. The molecule has 0 saturated heterocycles. The fourth-order valence-corrected chi connectivity index (χ4v) is 2.79. The Hall–Kier alpha value is -1.75. The van der Waals surface area contributed by atoms with E-state index < -0.39 is 11.8 Å². The molecule has 21 heavy (non-hydrogen) atoms. The predicted octanol–water partition coefficient (Wildman–Crippen LogP) is 4.15. The van der Waals surface area contributed by atoms with E-state index >= 15 is 0 Å². The first-order valence-electron chi connectivity index (χ1n) is 5.77. The summed E-state index contributed by atoms with van der Waals surface area (Å²) in [5, 5.41) is 10.0. The minimum absolute atomic E-state index is 0.00170. The number of halogens is 3. The van der Waals surface area contributed by atoms with E-state index in [1.807, 2.05) is 0 Å². The maximum Gasteiger partial charge on any atom is 0.269 e. The highest BCUT2D eigenvalue weighted by atomic mass is 35.5. The molecule has 1 heterocycles. The average Bonchev–Trinajstić information content (AvgIpc) is 2.71. The van der Waals surface area contributed by atoms with Crippen LogP contribution in [0.1, 0.15) is 20.7 Å². The number of phenols is 1.